The van der Waals surface area contributed by atoms with Crippen LogP contribution >= 0.6 is 0 Å². The van der Waals surface area contributed by atoms with Gasteiger partial charge in [0.15, 0.2) is 12.4 Å². The summed E-state index contributed by atoms with van der Waals surface area (Å²) in [5, 5.41) is 0. The largest absolute Gasteiger partial charge is 0.484 e. The molecule has 0 N–H and O–H groups in total. The van der Waals surface area contributed by atoms with E-state index >= 15 is 0 Å². The average molecular weight is 364 g/mol. The number of amides is 1. The molecule has 2 aromatic heterocycles. The van der Waals surface area contributed by atoms with Crippen molar-refractivity contribution in [3.05, 3.63) is 84.1 Å². The number of carbonyl (C=O) groups is 2. The molecular formula is C21H20N2O4. The summed E-state index contributed by atoms with van der Waals surface area (Å²) in [6.45, 7) is 2.08. The first-order valence-corrected chi connectivity index (χ1v) is 8.54. The quantitative estimate of drug-likeness (QED) is 0.572. The predicted octanol–water partition coefficient (Wildman–Crippen LogP) is 3.49. The van der Waals surface area contributed by atoms with E-state index in [4.69, 9.17) is 9.15 Å². The summed E-state index contributed by atoms with van der Waals surface area (Å²) in [5.41, 5.74) is 1.46. The number of carbonyl (C=O) groups excluding carboxylic acids is 2. The van der Waals surface area contributed by atoms with Gasteiger partial charge in [0.1, 0.15) is 11.5 Å². The van der Waals surface area contributed by atoms with Crippen LogP contribution in [-0.4, -0.2) is 28.2 Å². The van der Waals surface area contributed by atoms with E-state index in [9.17, 15) is 9.59 Å². The molecule has 1 aromatic carbocycles. The fraction of sp³-hybridized carbons (Fsp3) is 0.190. The molecule has 6 heteroatoms. The number of nitrogens with zero attached hydrogens (tertiary/aromatic N) is 2. The first kappa shape index (κ1) is 18.4. The Morgan fingerprint density at radius 2 is 2.00 bits per heavy atom. The maximum atomic E-state index is 12.7. The second-order valence-corrected chi connectivity index (χ2v) is 6.06. The summed E-state index contributed by atoms with van der Waals surface area (Å²) in [5.74, 6) is 0.924. The summed E-state index contributed by atoms with van der Waals surface area (Å²) in [7, 11) is 0. The van der Waals surface area contributed by atoms with Gasteiger partial charge in [0, 0.05) is 24.5 Å². The molecule has 0 saturated carbocycles. The van der Waals surface area contributed by atoms with Crippen molar-refractivity contribution in [2.75, 3.05) is 6.61 Å². The molecular weight excluding hydrogens is 344 g/mol. The van der Waals surface area contributed by atoms with Gasteiger partial charge in [-0.2, -0.15) is 0 Å². The van der Waals surface area contributed by atoms with Crippen LogP contribution in [-0.2, 0) is 17.9 Å². The molecule has 2 heterocycles. The SMILES string of the molecule is CC(=O)c1cccc(OCC(=O)N(Cc2cccnc2)Cc2ccco2)c1. The Morgan fingerprint density at radius 3 is 2.70 bits per heavy atom. The molecule has 0 saturated heterocycles. The number of pyridine rings is 1. The Bertz CT molecular complexity index is 892. The minimum absolute atomic E-state index is 0.0530. The van der Waals surface area contributed by atoms with E-state index in [1.54, 1.807) is 53.9 Å². The molecule has 0 atom stereocenters. The van der Waals surface area contributed by atoms with Crippen LogP contribution in [0.5, 0.6) is 5.75 Å². The summed E-state index contributed by atoms with van der Waals surface area (Å²) in [6, 6.07) is 14.1. The third-order valence-electron chi connectivity index (χ3n) is 3.98. The molecule has 3 rings (SSSR count). The molecule has 138 valence electrons. The zero-order valence-corrected chi connectivity index (χ0v) is 15.0. The van der Waals surface area contributed by atoms with Crippen molar-refractivity contribution in [1.29, 1.82) is 0 Å². The van der Waals surface area contributed by atoms with E-state index in [2.05, 4.69) is 4.98 Å². The number of hydrogen-bond acceptors (Lipinski definition) is 5. The van der Waals surface area contributed by atoms with Gasteiger partial charge < -0.3 is 14.1 Å². The van der Waals surface area contributed by atoms with Crippen LogP contribution in [0.1, 0.15) is 28.6 Å². The van der Waals surface area contributed by atoms with Gasteiger partial charge in [0.2, 0.25) is 0 Å². The van der Waals surface area contributed by atoms with Crippen LogP contribution in [0.25, 0.3) is 0 Å². The van der Waals surface area contributed by atoms with Crippen LogP contribution < -0.4 is 4.74 Å². The minimum Gasteiger partial charge on any atom is -0.484 e. The average Bonchev–Trinajstić information content (AvgIpc) is 3.20. The molecule has 0 aliphatic carbocycles. The highest BCUT2D eigenvalue weighted by Gasteiger charge is 2.17. The zero-order chi connectivity index (χ0) is 19.1. The fourth-order valence-electron chi connectivity index (χ4n) is 2.58. The Labute approximate surface area is 157 Å². The number of rotatable bonds is 8. The number of hydrogen-bond donors (Lipinski definition) is 0. The summed E-state index contributed by atoms with van der Waals surface area (Å²) >= 11 is 0. The van der Waals surface area contributed by atoms with Gasteiger partial charge in [-0.25, -0.2) is 0 Å². The molecule has 0 aliphatic heterocycles. The van der Waals surface area contributed by atoms with Gasteiger partial charge in [-0.3, -0.25) is 14.6 Å². The van der Waals surface area contributed by atoms with E-state index in [0.29, 0.717) is 30.2 Å². The maximum Gasteiger partial charge on any atom is 0.261 e. The predicted molar refractivity (Wildman–Crippen MR) is 99.1 cm³/mol. The van der Waals surface area contributed by atoms with Crippen molar-refractivity contribution in [3.8, 4) is 5.75 Å². The smallest absolute Gasteiger partial charge is 0.261 e. The first-order valence-electron chi connectivity index (χ1n) is 8.54. The van der Waals surface area contributed by atoms with Crippen molar-refractivity contribution in [1.82, 2.24) is 9.88 Å². The number of ether oxygens (including phenoxy) is 1. The topological polar surface area (TPSA) is 72.6 Å². The highest BCUT2D eigenvalue weighted by atomic mass is 16.5. The van der Waals surface area contributed by atoms with Crippen LogP contribution in [0, 0.1) is 0 Å². The highest BCUT2D eigenvalue weighted by Crippen LogP contribution is 2.15. The number of Topliss-reactive ketones (excluding diaryl/α,β-unsaturated/α-hetero) is 1. The third-order valence-corrected chi connectivity index (χ3v) is 3.98. The molecule has 0 radical (unpaired) electrons. The molecule has 0 spiro atoms. The van der Waals surface area contributed by atoms with E-state index in [1.165, 1.54) is 6.92 Å². The monoisotopic (exact) mass is 364 g/mol. The number of benzene rings is 1. The van der Waals surface area contributed by atoms with Crippen molar-refractivity contribution < 1.29 is 18.7 Å². The van der Waals surface area contributed by atoms with Crippen molar-refractivity contribution in [3.63, 3.8) is 0 Å². The molecule has 1 amide bonds. The lowest BCUT2D eigenvalue weighted by molar-refractivity contribution is -0.134. The number of furan rings is 1. The minimum atomic E-state index is -0.191. The fourth-order valence-corrected chi connectivity index (χ4v) is 2.58. The molecule has 27 heavy (non-hydrogen) atoms. The van der Waals surface area contributed by atoms with Crippen LogP contribution in [0.3, 0.4) is 0 Å². The number of ketones is 1. The summed E-state index contributed by atoms with van der Waals surface area (Å²) < 4.78 is 11.0. The summed E-state index contributed by atoms with van der Waals surface area (Å²) in [4.78, 5) is 29.9. The molecule has 0 bridgehead atoms. The third kappa shape index (κ3) is 5.28. The standard InChI is InChI=1S/C21H20N2O4/c1-16(24)18-6-2-7-19(11-18)27-15-21(25)23(14-20-8-4-10-26-20)13-17-5-3-9-22-12-17/h2-12H,13-15H2,1H3. The maximum absolute atomic E-state index is 12.7. The number of aromatic nitrogens is 1. The van der Waals surface area contributed by atoms with Crippen LogP contribution in [0.4, 0.5) is 0 Å². The zero-order valence-electron chi connectivity index (χ0n) is 15.0. The van der Waals surface area contributed by atoms with Gasteiger partial charge in [-0.15, -0.1) is 0 Å². The van der Waals surface area contributed by atoms with Crippen molar-refractivity contribution >= 4 is 11.7 Å². The molecule has 0 fully saturated rings. The van der Waals surface area contributed by atoms with E-state index in [1.807, 2.05) is 18.2 Å². The van der Waals surface area contributed by atoms with Gasteiger partial charge >= 0.3 is 0 Å². The summed E-state index contributed by atoms with van der Waals surface area (Å²) in [6.07, 6.45) is 4.98. The second-order valence-electron chi connectivity index (χ2n) is 6.06. The lowest BCUT2D eigenvalue weighted by atomic mass is 10.1. The van der Waals surface area contributed by atoms with E-state index in [-0.39, 0.29) is 18.3 Å². The lowest BCUT2D eigenvalue weighted by Crippen LogP contribution is -2.34. The normalized spacial score (nSPS) is 10.4. The Hall–Kier alpha value is -3.41. The van der Waals surface area contributed by atoms with Gasteiger partial charge in [0.05, 0.1) is 12.8 Å². The van der Waals surface area contributed by atoms with Gasteiger partial charge in [0.25, 0.3) is 5.91 Å². The Kier molecular flexibility index (Phi) is 5.99. The molecule has 0 unspecified atom stereocenters. The van der Waals surface area contributed by atoms with E-state index in [0.717, 1.165) is 5.56 Å². The molecule has 6 nitrogen and oxygen atoms in total. The lowest BCUT2D eigenvalue weighted by Gasteiger charge is -2.22. The van der Waals surface area contributed by atoms with Gasteiger partial charge in [-0.05, 0) is 42.8 Å². The Morgan fingerprint density at radius 1 is 1.11 bits per heavy atom. The van der Waals surface area contributed by atoms with Crippen molar-refractivity contribution in [2.45, 2.75) is 20.0 Å². The Balaban J connectivity index is 1.68. The first-order chi connectivity index (χ1) is 13.1. The van der Waals surface area contributed by atoms with Gasteiger partial charge in [-0.1, -0.05) is 18.2 Å². The highest BCUT2D eigenvalue weighted by molar-refractivity contribution is 5.94. The molecule has 0 aliphatic rings. The second kappa shape index (κ2) is 8.80. The van der Waals surface area contributed by atoms with E-state index < -0.39 is 0 Å². The van der Waals surface area contributed by atoms with Crippen molar-refractivity contribution in [2.24, 2.45) is 0 Å². The molecule has 3 aromatic rings. The van der Waals surface area contributed by atoms with Crippen LogP contribution in [0.15, 0.2) is 71.6 Å². The van der Waals surface area contributed by atoms with Crippen LogP contribution in [0.2, 0.25) is 0 Å².